The molecule has 0 fully saturated rings. The zero-order valence-corrected chi connectivity index (χ0v) is 8.99. The van der Waals surface area contributed by atoms with E-state index < -0.39 is 29.5 Å². The highest BCUT2D eigenvalue weighted by Crippen LogP contribution is 2.39. The number of aryl methyl sites for hydroxylation is 1. The second-order valence-electron chi connectivity index (χ2n) is 3.36. The van der Waals surface area contributed by atoms with Gasteiger partial charge in [0.2, 0.25) is 5.88 Å². The van der Waals surface area contributed by atoms with Crippen molar-refractivity contribution in [2.45, 2.75) is 26.0 Å². The Hall–Kier alpha value is -1.51. The van der Waals surface area contributed by atoms with Crippen LogP contribution < -0.4 is 10.5 Å². The molecule has 0 aliphatic heterocycles. The van der Waals surface area contributed by atoms with Gasteiger partial charge in [0, 0.05) is 6.54 Å². The highest BCUT2D eigenvalue weighted by molar-refractivity contribution is 5.38. The molecule has 1 aromatic rings. The zero-order valence-electron chi connectivity index (χ0n) is 8.99. The second-order valence-corrected chi connectivity index (χ2v) is 3.36. The Balaban J connectivity index is 3.39. The smallest absolute Gasteiger partial charge is 0.387 e. The summed E-state index contributed by atoms with van der Waals surface area (Å²) >= 11 is 0. The van der Waals surface area contributed by atoms with Gasteiger partial charge in [0.05, 0.1) is 5.69 Å². The van der Waals surface area contributed by atoms with Crippen LogP contribution in [0.3, 0.4) is 0 Å². The summed E-state index contributed by atoms with van der Waals surface area (Å²) in [5, 5.41) is 0. The predicted molar refractivity (Wildman–Crippen MR) is 48.6 cm³/mol. The number of nitrogens with zero attached hydrogens (tertiary/aromatic N) is 1. The zero-order chi connectivity index (χ0) is 14.1. The maximum atomic E-state index is 12.6. The molecule has 1 heterocycles. The van der Waals surface area contributed by atoms with Gasteiger partial charge in [0.1, 0.15) is 5.56 Å². The van der Waals surface area contributed by atoms with Gasteiger partial charge in [-0.1, -0.05) is 0 Å². The van der Waals surface area contributed by atoms with Gasteiger partial charge in [-0.15, -0.1) is 13.2 Å². The standard InChI is InChI=1S/C9H8F6N2O/c1-4-2-5(3-16)17-7(18-9(13,14)15)6(4)8(10,11)12/h2H,3,16H2,1H3. The SMILES string of the molecule is Cc1cc(CN)nc(OC(F)(F)F)c1C(F)(F)F. The first kappa shape index (κ1) is 14.6. The van der Waals surface area contributed by atoms with Crippen LogP contribution in [-0.4, -0.2) is 11.3 Å². The summed E-state index contributed by atoms with van der Waals surface area (Å²) in [4.78, 5) is 3.12. The Labute approximate surface area is 97.6 Å². The van der Waals surface area contributed by atoms with Crippen LogP contribution in [0, 0.1) is 6.92 Å². The molecule has 102 valence electrons. The number of pyridine rings is 1. The van der Waals surface area contributed by atoms with Gasteiger partial charge in [-0.25, -0.2) is 4.98 Å². The first-order valence-electron chi connectivity index (χ1n) is 4.58. The van der Waals surface area contributed by atoms with Crippen molar-refractivity contribution in [2.24, 2.45) is 5.73 Å². The fourth-order valence-corrected chi connectivity index (χ4v) is 1.34. The third kappa shape index (κ3) is 3.49. The lowest BCUT2D eigenvalue weighted by Gasteiger charge is -2.17. The fraction of sp³-hybridized carbons (Fsp3) is 0.444. The highest BCUT2D eigenvalue weighted by Gasteiger charge is 2.41. The number of hydrogen-bond acceptors (Lipinski definition) is 3. The van der Waals surface area contributed by atoms with Crippen molar-refractivity contribution >= 4 is 0 Å². The van der Waals surface area contributed by atoms with Gasteiger partial charge < -0.3 is 10.5 Å². The van der Waals surface area contributed by atoms with E-state index in [1.165, 1.54) is 0 Å². The molecule has 0 amide bonds. The monoisotopic (exact) mass is 274 g/mol. The number of hydrogen-bond donors (Lipinski definition) is 1. The molecule has 0 bridgehead atoms. The lowest BCUT2D eigenvalue weighted by atomic mass is 10.1. The van der Waals surface area contributed by atoms with Crippen molar-refractivity contribution in [1.82, 2.24) is 4.98 Å². The molecule has 0 spiro atoms. The second kappa shape index (κ2) is 4.63. The molecule has 0 aliphatic carbocycles. The van der Waals surface area contributed by atoms with E-state index in [1.54, 1.807) is 0 Å². The topological polar surface area (TPSA) is 48.1 Å². The van der Waals surface area contributed by atoms with Gasteiger partial charge in [0.15, 0.2) is 0 Å². The molecule has 0 aromatic carbocycles. The van der Waals surface area contributed by atoms with E-state index >= 15 is 0 Å². The normalized spacial score (nSPS) is 12.7. The third-order valence-electron chi connectivity index (χ3n) is 1.94. The summed E-state index contributed by atoms with van der Waals surface area (Å²) < 4.78 is 77.1. The van der Waals surface area contributed by atoms with E-state index in [-0.39, 0.29) is 12.2 Å². The third-order valence-corrected chi connectivity index (χ3v) is 1.94. The summed E-state index contributed by atoms with van der Waals surface area (Å²) in [5.74, 6) is -1.53. The molecule has 0 radical (unpaired) electrons. The van der Waals surface area contributed by atoms with Crippen molar-refractivity contribution in [2.75, 3.05) is 0 Å². The minimum atomic E-state index is -5.26. The summed E-state index contributed by atoms with van der Waals surface area (Å²) in [5.41, 5.74) is 3.01. The maximum absolute atomic E-state index is 12.6. The summed E-state index contributed by atoms with van der Waals surface area (Å²) in [6, 6.07) is 0.964. The molecule has 18 heavy (non-hydrogen) atoms. The number of nitrogens with two attached hydrogens (primary N) is 1. The quantitative estimate of drug-likeness (QED) is 0.843. The van der Waals surface area contributed by atoms with E-state index in [9.17, 15) is 26.3 Å². The number of alkyl halides is 6. The van der Waals surface area contributed by atoms with E-state index in [1.807, 2.05) is 0 Å². The summed E-state index contributed by atoms with van der Waals surface area (Å²) in [6.45, 7) is 0.708. The van der Waals surface area contributed by atoms with Crippen molar-refractivity contribution in [3.05, 3.63) is 22.9 Å². The maximum Gasteiger partial charge on any atom is 0.574 e. The Kier molecular flexibility index (Phi) is 3.75. The molecule has 0 aliphatic rings. The number of ether oxygens (including phenoxy) is 1. The molecule has 1 aromatic heterocycles. The van der Waals surface area contributed by atoms with Crippen LogP contribution in [-0.2, 0) is 12.7 Å². The molecule has 0 unspecified atom stereocenters. The Bertz CT molecular complexity index is 440. The molecular formula is C9H8F6N2O. The Morgan fingerprint density at radius 3 is 2.17 bits per heavy atom. The predicted octanol–water partition coefficient (Wildman–Crippen LogP) is 2.77. The van der Waals surface area contributed by atoms with Crippen LogP contribution in [0.25, 0.3) is 0 Å². The molecule has 0 atom stereocenters. The molecule has 9 heteroatoms. The lowest BCUT2D eigenvalue weighted by Crippen LogP contribution is -2.22. The van der Waals surface area contributed by atoms with Gasteiger partial charge in [-0.05, 0) is 18.6 Å². The van der Waals surface area contributed by atoms with E-state index in [0.717, 1.165) is 13.0 Å². The molecule has 0 saturated heterocycles. The molecule has 1 rings (SSSR count). The van der Waals surface area contributed by atoms with Crippen LogP contribution >= 0.6 is 0 Å². The van der Waals surface area contributed by atoms with Gasteiger partial charge in [-0.2, -0.15) is 13.2 Å². The van der Waals surface area contributed by atoms with Gasteiger partial charge in [-0.3, -0.25) is 0 Å². The Morgan fingerprint density at radius 2 is 1.78 bits per heavy atom. The summed E-state index contributed by atoms with van der Waals surface area (Å²) in [7, 11) is 0. The number of rotatable bonds is 2. The average Bonchev–Trinajstić information content (AvgIpc) is 2.11. The molecule has 0 saturated carbocycles. The van der Waals surface area contributed by atoms with Crippen LogP contribution in [0.5, 0.6) is 5.88 Å². The summed E-state index contributed by atoms with van der Waals surface area (Å²) in [6.07, 6.45) is -10.3. The van der Waals surface area contributed by atoms with E-state index in [0.29, 0.717) is 0 Å². The van der Waals surface area contributed by atoms with Gasteiger partial charge >= 0.3 is 12.5 Å². The largest absolute Gasteiger partial charge is 0.574 e. The van der Waals surface area contributed by atoms with Crippen LogP contribution in [0.2, 0.25) is 0 Å². The van der Waals surface area contributed by atoms with Crippen molar-refractivity contribution in [3.8, 4) is 5.88 Å². The Morgan fingerprint density at radius 1 is 1.22 bits per heavy atom. The van der Waals surface area contributed by atoms with Gasteiger partial charge in [0.25, 0.3) is 0 Å². The molecule has 2 N–H and O–H groups in total. The van der Waals surface area contributed by atoms with E-state index in [4.69, 9.17) is 5.73 Å². The minimum absolute atomic E-state index is 0.125. The lowest BCUT2D eigenvalue weighted by molar-refractivity contribution is -0.278. The average molecular weight is 274 g/mol. The number of aromatic nitrogens is 1. The fourth-order valence-electron chi connectivity index (χ4n) is 1.34. The van der Waals surface area contributed by atoms with E-state index in [2.05, 4.69) is 9.72 Å². The van der Waals surface area contributed by atoms with Crippen molar-refractivity contribution in [3.63, 3.8) is 0 Å². The van der Waals surface area contributed by atoms with Crippen LogP contribution in [0.4, 0.5) is 26.3 Å². The van der Waals surface area contributed by atoms with Crippen LogP contribution in [0.1, 0.15) is 16.8 Å². The van der Waals surface area contributed by atoms with Crippen LogP contribution in [0.15, 0.2) is 6.07 Å². The highest BCUT2D eigenvalue weighted by atomic mass is 19.4. The van der Waals surface area contributed by atoms with Crippen molar-refractivity contribution < 1.29 is 31.1 Å². The first-order chi connectivity index (χ1) is 8.04. The molecule has 3 nitrogen and oxygen atoms in total. The first-order valence-corrected chi connectivity index (χ1v) is 4.58. The van der Waals surface area contributed by atoms with Crippen molar-refractivity contribution in [1.29, 1.82) is 0 Å². The minimum Gasteiger partial charge on any atom is -0.387 e. The number of halogens is 6. The molecular weight excluding hydrogens is 266 g/mol.